The highest BCUT2D eigenvalue weighted by Gasteiger charge is 2.57. The first kappa shape index (κ1) is 33.6. The van der Waals surface area contributed by atoms with E-state index in [4.69, 9.17) is 18.5 Å². The van der Waals surface area contributed by atoms with Crippen LogP contribution in [-0.2, 0) is 27.9 Å². The predicted molar refractivity (Wildman–Crippen MR) is 164 cm³/mol. The number of hydrogen-bond acceptors (Lipinski definition) is 9. The zero-order valence-electron chi connectivity index (χ0n) is 26.7. The minimum Gasteiger partial charge on any atom is -0.467 e. The molecule has 240 valence electrons. The summed E-state index contributed by atoms with van der Waals surface area (Å²) in [6.07, 6.45) is 0.101. The van der Waals surface area contributed by atoms with E-state index in [1.165, 1.54) is 26.2 Å². The summed E-state index contributed by atoms with van der Waals surface area (Å²) in [6.45, 7) is 9.11. The lowest BCUT2D eigenvalue weighted by Gasteiger charge is -2.50. The number of likely N-dealkylation sites (tertiary alicyclic amines) is 1. The first-order valence-electron chi connectivity index (χ1n) is 14.9. The molecule has 0 spiro atoms. The summed E-state index contributed by atoms with van der Waals surface area (Å²) < 4.78 is 36.1. The summed E-state index contributed by atoms with van der Waals surface area (Å²) in [5, 5.41) is 1.42. The van der Waals surface area contributed by atoms with Crippen molar-refractivity contribution in [1.82, 2.24) is 9.80 Å². The first-order chi connectivity index (χ1) is 20.7. The molecule has 44 heavy (non-hydrogen) atoms. The van der Waals surface area contributed by atoms with Crippen molar-refractivity contribution in [2.24, 2.45) is 17.8 Å². The van der Waals surface area contributed by atoms with Gasteiger partial charge in [-0.2, -0.15) is 0 Å². The van der Waals surface area contributed by atoms with Crippen molar-refractivity contribution >= 4 is 42.2 Å². The number of imide groups is 1. The zero-order valence-corrected chi connectivity index (χ0v) is 27.6. The van der Waals surface area contributed by atoms with Crippen molar-refractivity contribution in [3.63, 3.8) is 0 Å². The number of benzene rings is 2. The molecule has 4 rings (SSSR count). The fourth-order valence-corrected chi connectivity index (χ4v) is 8.61. The van der Waals surface area contributed by atoms with Crippen molar-refractivity contribution in [3.8, 4) is 0 Å². The Morgan fingerprint density at radius 1 is 0.977 bits per heavy atom. The molecule has 11 nitrogen and oxygen atoms in total. The quantitative estimate of drug-likeness (QED) is 0.183. The van der Waals surface area contributed by atoms with E-state index in [-0.39, 0.29) is 31.2 Å². The number of ether oxygens (including phenoxy) is 2. The van der Waals surface area contributed by atoms with Gasteiger partial charge in [0.15, 0.2) is 0 Å². The van der Waals surface area contributed by atoms with E-state index in [1.807, 2.05) is 26.0 Å². The van der Waals surface area contributed by atoms with Gasteiger partial charge in [0, 0.05) is 37.3 Å². The third-order valence-corrected chi connectivity index (χ3v) is 10.7. The Kier molecular flexibility index (Phi) is 9.93. The van der Waals surface area contributed by atoms with Gasteiger partial charge in [0.25, 0.3) is 11.8 Å². The number of hydrogen-bond donors (Lipinski definition) is 0. The summed E-state index contributed by atoms with van der Waals surface area (Å²) in [5.74, 6) is -3.51. The molecule has 0 aliphatic carbocycles. The van der Waals surface area contributed by atoms with Crippen LogP contribution >= 0.6 is 7.60 Å². The van der Waals surface area contributed by atoms with Crippen LogP contribution in [0.4, 0.5) is 4.79 Å². The van der Waals surface area contributed by atoms with Gasteiger partial charge in [0.05, 0.1) is 7.11 Å². The zero-order chi connectivity index (χ0) is 32.6. The third-order valence-electron chi connectivity index (χ3n) is 8.36. The van der Waals surface area contributed by atoms with Gasteiger partial charge < -0.3 is 18.5 Å². The van der Waals surface area contributed by atoms with E-state index in [9.17, 15) is 23.7 Å². The minimum atomic E-state index is -4.12. The van der Waals surface area contributed by atoms with Gasteiger partial charge in [-0.1, -0.05) is 38.1 Å². The fraction of sp³-hybridized carbons (Fsp3) is 0.562. The lowest BCUT2D eigenvalue weighted by atomic mass is 9.75. The summed E-state index contributed by atoms with van der Waals surface area (Å²) in [6, 6.07) is 9.56. The van der Waals surface area contributed by atoms with Gasteiger partial charge >= 0.3 is 19.7 Å². The molecule has 12 heteroatoms. The molecule has 2 aliphatic heterocycles. The summed E-state index contributed by atoms with van der Waals surface area (Å²) in [7, 11) is -0.438. The molecule has 2 aromatic rings. The molecule has 2 aliphatic rings. The smallest absolute Gasteiger partial charge is 0.411 e. The molecule has 0 N–H and O–H groups in total. The lowest BCUT2D eigenvalue weighted by Crippen LogP contribution is -2.60. The Morgan fingerprint density at radius 3 is 2.02 bits per heavy atom. The molecule has 0 unspecified atom stereocenters. The van der Waals surface area contributed by atoms with Gasteiger partial charge in [-0.3, -0.25) is 24.0 Å². The molecule has 1 fully saturated rings. The van der Waals surface area contributed by atoms with Crippen LogP contribution in [0.5, 0.6) is 0 Å². The van der Waals surface area contributed by atoms with Gasteiger partial charge in [-0.05, 0) is 75.3 Å². The summed E-state index contributed by atoms with van der Waals surface area (Å²) in [5.41, 5.74) is -0.0768. The second-order valence-electron chi connectivity index (χ2n) is 12.8. The molecule has 0 radical (unpaired) electrons. The molecule has 0 aromatic heterocycles. The maximum Gasteiger partial charge on any atom is 0.411 e. The topological polar surface area (TPSA) is 129 Å². The summed E-state index contributed by atoms with van der Waals surface area (Å²) in [4.78, 5) is 56.7. The molecular formula is C32H43N2O9P. The first-order valence-corrected chi connectivity index (χ1v) is 16.5. The third kappa shape index (κ3) is 6.41. The second kappa shape index (κ2) is 13.0. The normalized spacial score (nSPS) is 22.5. The van der Waals surface area contributed by atoms with Crippen molar-refractivity contribution in [3.05, 3.63) is 47.5 Å². The number of nitrogens with zero attached hydrogens (tertiary/aromatic N) is 2. The predicted octanol–water partition coefficient (Wildman–Crippen LogP) is 6.10. The largest absolute Gasteiger partial charge is 0.467 e. The van der Waals surface area contributed by atoms with Crippen molar-refractivity contribution < 1.29 is 42.3 Å². The Hall–Kier alpha value is -3.27. The Labute approximate surface area is 258 Å². The van der Waals surface area contributed by atoms with Gasteiger partial charge in [0.1, 0.15) is 17.4 Å². The number of amides is 3. The molecular weight excluding hydrogens is 587 g/mol. The highest BCUT2D eigenvalue weighted by molar-refractivity contribution is 7.54. The molecule has 1 saturated heterocycles. The van der Waals surface area contributed by atoms with Crippen LogP contribution in [0.2, 0.25) is 0 Å². The maximum absolute atomic E-state index is 14.4. The molecule has 2 aromatic carbocycles. The number of carbonyl (C=O) groups is 4. The monoisotopic (exact) mass is 630 g/mol. The van der Waals surface area contributed by atoms with E-state index in [2.05, 4.69) is 0 Å². The van der Waals surface area contributed by atoms with E-state index < -0.39 is 54.8 Å². The SMILES string of the molecule is COC(=O)[C@H]1C[C@@H](CC(C)C)[C@H](CCN2C(=O)c3cccc4cccc(c34)C2=O)[C@H](P(=O)(OC)OC)N1C(=O)OC(C)(C)C. The Morgan fingerprint density at radius 2 is 1.55 bits per heavy atom. The van der Waals surface area contributed by atoms with Crippen molar-refractivity contribution in [2.75, 3.05) is 27.9 Å². The number of methoxy groups -OCH3 is 1. The molecule has 0 bridgehead atoms. The average Bonchev–Trinajstić information content (AvgIpc) is 2.97. The average molecular weight is 631 g/mol. The second-order valence-corrected chi connectivity index (χ2v) is 15.1. The molecule has 0 saturated carbocycles. The van der Waals surface area contributed by atoms with Crippen LogP contribution < -0.4 is 0 Å². The fourth-order valence-electron chi connectivity index (χ4n) is 6.61. The molecule has 3 amide bonds. The van der Waals surface area contributed by atoms with Gasteiger partial charge in [-0.25, -0.2) is 9.59 Å². The molecule has 2 heterocycles. The van der Waals surface area contributed by atoms with Crippen LogP contribution in [0.1, 0.15) is 74.6 Å². The van der Waals surface area contributed by atoms with E-state index >= 15 is 0 Å². The van der Waals surface area contributed by atoms with Crippen LogP contribution in [0, 0.1) is 17.8 Å². The maximum atomic E-state index is 14.4. The Balaban J connectivity index is 1.80. The highest BCUT2D eigenvalue weighted by atomic mass is 31.2. The van der Waals surface area contributed by atoms with Crippen LogP contribution in [0.15, 0.2) is 36.4 Å². The van der Waals surface area contributed by atoms with Crippen LogP contribution in [0.3, 0.4) is 0 Å². The van der Waals surface area contributed by atoms with Crippen molar-refractivity contribution in [2.45, 2.75) is 71.3 Å². The van der Waals surface area contributed by atoms with E-state index in [1.54, 1.807) is 45.0 Å². The lowest BCUT2D eigenvalue weighted by molar-refractivity contribution is -0.151. The minimum absolute atomic E-state index is 0.0172. The highest BCUT2D eigenvalue weighted by Crippen LogP contribution is 2.60. The number of carbonyl (C=O) groups excluding carboxylic acids is 4. The molecule has 4 atom stereocenters. The van der Waals surface area contributed by atoms with E-state index in [0.29, 0.717) is 22.9 Å². The van der Waals surface area contributed by atoms with Crippen LogP contribution in [0.25, 0.3) is 10.8 Å². The van der Waals surface area contributed by atoms with Crippen molar-refractivity contribution in [1.29, 1.82) is 0 Å². The van der Waals surface area contributed by atoms with Gasteiger partial charge in [0.2, 0.25) is 0 Å². The number of piperidine rings is 1. The standard InChI is InChI=1S/C32H43N2O9P/c1-19(2)17-21-18-25(30(37)40-6)34(31(38)43-32(3,4)5)29(44(39,41-7)42-8)22(21)15-16-33-27(35)23-13-9-11-20-12-10-14-24(26(20)23)28(33)36/h9-14,19,21-22,25,29H,15-18H2,1-8H3/t21-,22+,25-,29+/m1/s1. The number of rotatable bonds is 9. The number of esters is 1. The Bertz CT molecular complexity index is 1430. The van der Waals surface area contributed by atoms with E-state index in [0.717, 1.165) is 10.3 Å². The van der Waals surface area contributed by atoms with Gasteiger partial charge in [-0.15, -0.1) is 0 Å². The van der Waals surface area contributed by atoms with Crippen LogP contribution in [-0.4, -0.2) is 79.0 Å². The summed E-state index contributed by atoms with van der Waals surface area (Å²) >= 11 is 0.